The summed E-state index contributed by atoms with van der Waals surface area (Å²) in [4.78, 5) is 12.3. The first-order valence-electron chi connectivity index (χ1n) is 5.92. The summed E-state index contributed by atoms with van der Waals surface area (Å²) in [6, 6.07) is 10.2. The van der Waals surface area contributed by atoms with E-state index in [9.17, 15) is 4.79 Å². The second kappa shape index (κ2) is 6.16. The number of carbonyl (C=O) groups excluding carboxylic acids is 1. The maximum Gasteiger partial charge on any atom is 0.169 e. The van der Waals surface area contributed by atoms with Gasteiger partial charge in [-0.15, -0.1) is 0 Å². The monoisotopic (exact) mass is 309 g/mol. The van der Waals surface area contributed by atoms with Crippen LogP contribution in [0.1, 0.15) is 15.9 Å². The van der Waals surface area contributed by atoms with Crippen molar-refractivity contribution < 1.29 is 9.53 Å². The lowest BCUT2D eigenvalue weighted by molar-refractivity contribution is 0.0993. The molecule has 0 heterocycles. The third-order valence-corrected chi connectivity index (χ3v) is 3.54. The molecule has 104 valence electrons. The Labute approximate surface area is 127 Å². The highest BCUT2D eigenvalue weighted by molar-refractivity contribution is 6.35. The molecule has 0 amide bonds. The van der Waals surface area contributed by atoms with E-state index in [1.165, 1.54) is 7.11 Å². The molecule has 0 unspecified atom stereocenters. The van der Waals surface area contributed by atoms with Crippen molar-refractivity contribution >= 4 is 34.7 Å². The van der Waals surface area contributed by atoms with Crippen molar-refractivity contribution in [3.8, 4) is 5.75 Å². The number of ketones is 1. The number of halogens is 2. The predicted molar refractivity (Wildman–Crippen MR) is 81.9 cm³/mol. The molecule has 3 nitrogen and oxygen atoms in total. The fraction of sp³-hybridized carbons (Fsp3) is 0.133. The van der Waals surface area contributed by atoms with Crippen molar-refractivity contribution in [2.45, 2.75) is 6.42 Å². The Morgan fingerprint density at radius 1 is 1.25 bits per heavy atom. The van der Waals surface area contributed by atoms with Gasteiger partial charge >= 0.3 is 0 Å². The first kappa shape index (κ1) is 14.7. The van der Waals surface area contributed by atoms with E-state index in [0.29, 0.717) is 32.6 Å². The van der Waals surface area contributed by atoms with E-state index in [4.69, 9.17) is 33.7 Å². The number of ether oxygens (including phenoxy) is 1. The van der Waals surface area contributed by atoms with Crippen LogP contribution in [0.2, 0.25) is 10.0 Å². The normalized spacial score (nSPS) is 10.3. The number of methoxy groups -OCH3 is 1. The molecule has 2 rings (SSSR count). The van der Waals surface area contributed by atoms with Gasteiger partial charge in [-0.2, -0.15) is 0 Å². The van der Waals surface area contributed by atoms with Crippen molar-refractivity contribution in [3.63, 3.8) is 0 Å². The van der Waals surface area contributed by atoms with Crippen molar-refractivity contribution in [2.24, 2.45) is 0 Å². The summed E-state index contributed by atoms with van der Waals surface area (Å²) in [7, 11) is 1.51. The topological polar surface area (TPSA) is 52.3 Å². The van der Waals surface area contributed by atoms with Gasteiger partial charge in [0.2, 0.25) is 0 Å². The molecule has 0 aliphatic rings. The molecule has 0 saturated carbocycles. The van der Waals surface area contributed by atoms with Crippen molar-refractivity contribution in [2.75, 3.05) is 12.8 Å². The molecule has 0 bridgehead atoms. The van der Waals surface area contributed by atoms with Gasteiger partial charge in [-0.3, -0.25) is 4.79 Å². The number of para-hydroxylation sites is 1. The van der Waals surface area contributed by atoms with Gasteiger partial charge in [-0.1, -0.05) is 35.3 Å². The van der Waals surface area contributed by atoms with Crippen LogP contribution in [-0.4, -0.2) is 12.9 Å². The van der Waals surface area contributed by atoms with Crippen LogP contribution in [0.15, 0.2) is 36.4 Å². The highest BCUT2D eigenvalue weighted by Crippen LogP contribution is 2.27. The summed E-state index contributed by atoms with van der Waals surface area (Å²) in [5.41, 5.74) is 7.39. The quantitative estimate of drug-likeness (QED) is 0.686. The van der Waals surface area contributed by atoms with Crippen LogP contribution in [-0.2, 0) is 6.42 Å². The fourth-order valence-corrected chi connectivity index (χ4v) is 2.37. The summed E-state index contributed by atoms with van der Waals surface area (Å²) in [5, 5.41) is 0.999. The van der Waals surface area contributed by atoms with Crippen LogP contribution in [0.5, 0.6) is 5.75 Å². The van der Waals surface area contributed by atoms with E-state index < -0.39 is 0 Å². The standard InChI is InChI=1S/C15H13Cl2NO2/c1-20-14-4-2-3-11(15(14)18)13(19)7-9-5-6-10(16)8-12(9)17/h2-6,8H,7,18H2,1H3. The summed E-state index contributed by atoms with van der Waals surface area (Å²) in [6.07, 6.45) is 0.160. The van der Waals surface area contributed by atoms with E-state index in [2.05, 4.69) is 0 Å². The summed E-state index contributed by atoms with van der Waals surface area (Å²) < 4.78 is 5.10. The predicted octanol–water partition coefficient (Wildman–Crippen LogP) is 4.01. The highest BCUT2D eigenvalue weighted by Gasteiger charge is 2.15. The Morgan fingerprint density at radius 2 is 2.00 bits per heavy atom. The molecule has 2 aromatic carbocycles. The molecule has 0 spiro atoms. The van der Waals surface area contributed by atoms with E-state index in [1.807, 2.05) is 0 Å². The first-order valence-corrected chi connectivity index (χ1v) is 6.68. The minimum absolute atomic E-state index is 0.120. The van der Waals surface area contributed by atoms with Gasteiger partial charge in [-0.05, 0) is 29.8 Å². The SMILES string of the molecule is COc1cccc(C(=O)Cc2ccc(Cl)cc2Cl)c1N. The van der Waals surface area contributed by atoms with Crippen LogP contribution >= 0.6 is 23.2 Å². The van der Waals surface area contributed by atoms with Crippen LogP contribution in [0.4, 0.5) is 5.69 Å². The van der Waals surface area contributed by atoms with E-state index >= 15 is 0 Å². The number of Topliss-reactive ketones (excluding diaryl/α,β-unsaturated/α-hetero) is 1. The molecule has 0 radical (unpaired) electrons. The second-order valence-electron chi connectivity index (χ2n) is 4.26. The molecule has 0 saturated heterocycles. The van der Waals surface area contributed by atoms with Crippen LogP contribution < -0.4 is 10.5 Å². The Hall–Kier alpha value is -1.71. The Balaban J connectivity index is 2.28. The molecule has 2 aromatic rings. The number of anilines is 1. The van der Waals surface area contributed by atoms with Gasteiger partial charge in [-0.25, -0.2) is 0 Å². The van der Waals surface area contributed by atoms with Crippen LogP contribution in [0.3, 0.4) is 0 Å². The molecule has 0 aliphatic heterocycles. The van der Waals surface area contributed by atoms with Crippen LogP contribution in [0, 0.1) is 0 Å². The van der Waals surface area contributed by atoms with Crippen molar-refractivity contribution in [3.05, 3.63) is 57.6 Å². The summed E-state index contributed by atoms with van der Waals surface area (Å²) in [6.45, 7) is 0. The molecular formula is C15H13Cl2NO2. The Bertz CT molecular complexity index is 656. The zero-order chi connectivity index (χ0) is 14.7. The van der Waals surface area contributed by atoms with Crippen LogP contribution in [0.25, 0.3) is 0 Å². The number of carbonyl (C=O) groups is 1. The minimum Gasteiger partial charge on any atom is -0.495 e. The summed E-state index contributed by atoms with van der Waals surface area (Å²) in [5.74, 6) is 0.365. The number of hydrogen-bond donors (Lipinski definition) is 1. The average Bonchev–Trinajstić information content (AvgIpc) is 2.42. The first-order chi connectivity index (χ1) is 9.52. The molecule has 0 atom stereocenters. The lowest BCUT2D eigenvalue weighted by Crippen LogP contribution is -2.08. The molecule has 5 heteroatoms. The largest absolute Gasteiger partial charge is 0.495 e. The lowest BCUT2D eigenvalue weighted by atomic mass is 10.0. The van der Waals surface area contributed by atoms with Gasteiger partial charge in [0.15, 0.2) is 5.78 Å². The molecular weight excluding hydrogens is 297 g/mol. The van der Waals surface area contributed by atoms with Gasteiger partial charge in [0.1, 0.15) is 5.75 Å². The fourth-order valence-electron chi connectivity index (χ4n) is 1.90. The molecule has 2 N–H and O–H groups in total. The van der Waals surface area contributed by atoms with Gasteiger partial charge in [0.05, 0.1) is 12.8 Å². The second-order valence-corrected chi connectivity index (χ2v) is 5.10. The summed E-state index contributed by atoms with van der Waals surface area (Å²) >= 11 is 11.9. The van der Waals surface area contributed by atoms with E-state index in [-0.39, 0.29) is 12.2 Å². The van der Waals surface area contributed by atoms with Gasteiger partial charge < -0.3 is 10.5 Å². The lowest BCUT2D eigenvalue weighted by Gasteiger charge is -2.10. The maximum atomic E-state index is 12.3. The zero-order valence-corrected chi connectivity index (χ0v) is 12.3. The number of rotatable bonds is 4. The maximum absolute atomic E-state index is 12.3. The van der Waals surface area contributed by atoms with Crippen molar-refractivity contribution in [1.29, 1.82) is 0 Å². The molecule has 0 fully saturated rings. The van der Waals surface area contributed by atoms with E-state index in [0.717, 1.165) is 0 Å². The Morgan fingerprint density at radius 3 is 2.65 bits per heavy atom. The van der Waals surface area contributed by atoms with Gasteiger partial charge in [0.25, 0.3) is 0 Å². The van der Waals surface area contributed by atoms with Crippen molar-refractivity contribution in [1.82, 2.24) is 0 Å². The molecule has 0 aliphatic carbocycles. The van der Waals surface area contributed by atoms with E-state index in [1.54, 1.807) is 36.4 Å². The third kappa shape index (κ3) is 3.06. The minimum atomic E-state index is -0.120. The highest BCUT2D eigenvalue weighted by atomic mass is 35.5. The number of nitrogen functional groups attached to an aromatic ring is 1. The Kier molecular flexibility index (Phi) is 4.53. The average molecular weight is 310 g/mol. The number of hydrogen-bond acceptors (Lipinski definition) is 3. The number of benzene rings is 2. The smallest absolute Gasteiger partial charge is 0.169 e. The number of nitrogens with two attached hydrogens (primary N) is 1. The molecule has 0 aromatic heterocycles. The molecule has 20 heavy (non-hydrogen) atoms. The third-order valence-electron chi connectivity index (χ3n) is 2.95. The zero-order valence-electron chi connectivity index (χ0n) is 10.8. The van der Waals surface area contributed by atoms with Gasteiger partial charge in [0, 0.05) is 22.0 Å².